The highest BCUT2D eigenvalue weighted by Gasteiger charge is 2.07. The summed E-state index contributed by atoms with van der Waals surface area (Å²) in [5.74, 6) is -0.793. The van der Waals surface area contributed by atoms with Crippen molar-refractivity contribution in [1.82, 2.24) is 0 Å². The first-order valence-electron chi connectivity index (χ1n) is 2.26. The predicted molar refractivity (Wildman–Crippen MR) is 26.9 cm³/mol. The molecule has 4 heteroatoms. The fourth-order valence-corrected chi connectivity index (χ4v) is 0.265. The number of aliphatic hydroxyl groups is 2. The highest BCUT2D eigenvalue weighted by atomic mass is 16.3. The molecule has 0 aromatic rings. The standard InChI is InChI=1S/C4H9NO3/c5-4(8)3(7)1-2-6/h3,6-7H,1-2H2,(H2,5,8). The van der Waals surface area contributed by atoms with E-state index in [1.54, 1.807) is 0 Å². The number of primary amides is 1. The smallest absolute Gasteiger partial charge is 0.246 e. The van der Waals surface area contributed by atoms with Crippen LogP contribution in [0.2, 0.25) is 0 Å². The highest BCUT2D eigenvalue weighted by molar-refractivity contribution is 5.78. The van der Waals surface area contributed by atoms with E-state index in [-0.39, 0.29) is 13.0 Å². The SMILES string of the molecule is NC(=O)C(O)CCO. The van der Waals surface area contributed by atoms with Crippen molar-refractivity contribution in [2.24, 2.45) is 5.73 Å². The summed E-state index contributed by atoms with van der Waals surface area (Å²) in [5.41, 5.74) is 4.62. The van der Waals surface area contributed by atoms with Gasteiger partial charge in [0.15, 0.2) is 0 Å². The molecular weight excluding hydrogens is 110 g/mol. The Balaban J connectivity index is 3.32. The van der Waals surface area contributed by atoms with Crippen LogP contribution >= 0.6 is 0 Å². The molecule has 0 heterocycles. The van der Waals surface area contributed by atoms with Crippen LogP contribution in [0.4, 0.5) is 0 Å². The molecule has 0 aliphatic heterocycles. The normalized spacial score (nSPS) is 13.2. The zero-order chi connectivity index (χ0) is 6.57. The van der Waals surface area contributed by atoms with E-state index in [0.717, 1.165) is 0 Å². The molecule has 0 rings (SSSR count). The molecule has 0 bridgehead atoms. The number of hydrogen-bond acceptors (Lipinski definition) is 3. The van der Waals surface area contributed by atoms with Crippen molar-refractivity contribution in [2.75, 3.05) is 6.61 Å². The van der Waals surface area contributed by atoms with Gasteiger partial charge in [0.25, 0.3) is 0 Å². The zero-order valence-corrected chi connectivity index (χ0v) is 4.37. The van der Waals surface area contributed by atoms with E-state index >= 15 is 0 Å². The van der Waals surface area contributed by atoms with Crippen molar-refractivity contribution in [3.63, 3.8) is 0 Å². The first-order valence-corrected chi connectivity index (χ1v) is 2.26. The van der Waals surface area contributed by atoms with Crippen molar-refractivity contribution < 1.29 is 15.0 Å². The van der Waals surface area contributed by atoms with Crippen molar-refractivity contribution in [2.45, 2.75) is 12.5 Å². The third-order valence-corrected chi connectivity index (χ3v) is 0.731. The topological polar surface area (TPSA) is 83.6 Å². The Kier molecular flexibility index (Phi) is 3.14. The molecule has 0 radical (unpaired) electrons. The number of carbonyl (C=O) groups excluding carboxylic acids is 1. The lowest BCUT2D eigenvalue weighted by atomic mass is 10.2. The minimum atomic E-state index is -1.19. The Morgan fingerprint density at radius 2 is 2.25 bits per heavy atom. The van der Waals surface area contributed by atoms with Crippen LogP contribution in [0.25, 0.3) is 0 Å². The molecule has 0 spiro atoms. The van der Waals surface area contributed by atoms with Gasteiger partial charge in [-0.25, -0.2) is 0 Å². The fourth-order valence-electron chi connectivity index (χ4n) is 0.265. The lowest BCUT2D eigenvalue weighted by Crippen LogP contribution is -2.28. The third kappa shape index (κ3) is 2.54. The lowest BCUT2D eigenvalue weighted by Gasteiger charge is -2.00. The maximum absolute atomic E-state index is 9.95. The molecule has 0 aromatic carbocycles. The quantitative estimate of drug-likeness (QED) is 0.410. The summed E-state index contributed by atoms with van der Waals surface area (Å²) in [6.45, 7) is -0.218. The second-order valence-electron chi connectivity index (χ2n) is 1.43. The van der Waals surface area contributed by atoms with E-state index in [0.29, 0.717) is 0 Å². The van der Waals surface area contributed by atoms with Gasteiger partial charge in [0.2, 0.25) is 5.91 Å². The number of amides is 1. The van der Waals surface area contributed by atoms with Gasteiger partial charge in [0.1, 0.15) is 6.10 Å². The summed E-state index contributed by atoms with van der Waals surface area (Å²) in [7, 11) is 0. The van der Waals surface area contributed by atoms with Crippen molar-refractivity contribution in [3.8, 4) is 0 Å². The number of carbonyl (C=O) groups is 1. The van der Waals surface area contributed by atoms with Gasteiger partial charge in [0.05, 0.1) is 0 Å². The average Bonchev–Trinajstić information content (AvgIpc) is 1.67. The van der Waals surface area contributed by atoms with Crippen LogP contribution in [0.15, 0.2) is 0 Å². The monoisotopic (exact) mass is 119 g/mol. The minimum absolute atomic E-state index is 0.0231. The van der Waals surface area contributed by atoms with Gasteiger partial charge in [-0.15, -0.1) is 0 Å². The summed E-state index contributed by atoms with van der Waals surface area (Å²) in [6.07, 6.45) is -1.17. The van der Waals surface area contributed by atoms with Crippen LogP contribution in [-0.4, -0.2) is 28.8 Å². The van der Waals surface area contributed by atoms with E-state index in [2.05, 4.69) is 5.73 Å². The molecule has 0 fully saturated rings. The Hall–Kier alpha value is -0.610. The van der Waals surface area contributed by atoms with Gasteiger partial charge in [0, 0.05) is 13.0 Å². The summed E-state index contributed by atoms with van der Waals surface area (Å²) >= 11 is 0. The largest absolute Gasteiger partial charge is 0.396 e. The van der Waals surface area contributed by atoms with Gasteiger partial charge < -0.3 is 15.9 Å². The molecule has 48 valence electrons. The maximum atomic E-state index is 9.95. The predicted octanol–water partition coefficient (Wildman–Crippen LogP) is -1.79. The Bertz CT molecular complexity index is 83.4. The van der Waals surface area contributed by atoms with Crippen LogP contribution < -0.4 is 5.73 Å². The van der Waals surface area contributed by atoms with Crippen LogP contribution in [0.1, 0.15) is 6.42 Å². The van der Waals surface area contributed by atoms with E-state index in [1.807, 2.05) is 0 Å². The van der Waals surface area contributed by atoms with Gasteiger partial charge in [-0.3, -0.25) is 4.79 Å². The van der Waals surface area contributed by atoms with Crippen molar-refractivity contribution in [3.05, 3.63) is 0 Å². The van der Waals surface area contributed by atoms with E-state index in [1.165, 1.54) is 0 Å². The second-order valence-corrected chi connectivity index (χ2v) is 1.43. The summed E-state index contributed by atoms with van der Waals surface area (Å²) in [6, 6.07) is 0. The average molecular weight is 119 g/mol. The van der Waals surface area contributed by atoms with Crippen LogP contribution in [0.3, 0.4) is 0 Å². The number of rotatable bonds is 3. The van der Waals surface area contributed by atoms with E-state index < -0.39 is 12.0 Å². The van der Waals surface area contributed by atoms with Gasteiger partial charge in [-0.05, 0) is 0 Å². The minimum Gasteiger partial charge on any atom is -0.396 e. The summed E-state index contributed by atoms with van der Waals surface area (Å²) in [4.78, 5) is 9.95. The third-order valence-electron chi connectivity index (χ3n) is 0.731. The molecule has 8 heavy (non-hydrogen) atoms. The molecule has 4 N–H and O–H groups in total. The maximum Gasteiger partial charge on any atom is 0.246 e. The van der Waals surface area contributed by atoms with Crippen molar-refractivity contribution in [1.29, 1.82) is 0 Å². The molecular formula is C4H9NO3. The number of hydrogen-bond donors (Lipinski definition) is 3. The Labute approximate surface area is 46.9 Å². The molecule has 0 aromatic heterocycles. The molecule has 0 aliphatic carbocycles. The van der Waals surface area contributed by atoms with Gasteiger partial charge >= 0.3 is 0 Å². The van der Waals surface area contributed by atoms with Gasteiger partial charge in [-0.2, -0.15) is 0 Å². The molecule has 1 amide bonds. The highest BCUT2D eigenvalue weighted by Crippen LogP contribution is 1.85. The first kappa shape index (κ1) is 7.39. The summed E-state index contributed by atoms with van der Waals surface area (Å²) < 4.78 is 0. The number of nitrogens with two attached hydrogens (primary N) is 1. The van der Waals surface area contributed by atoms with E-state index in [4.69, 9.17) is 10.2 Å². The van der Waals surface area contributed by atoms with Crippen LogP contribution in [0.5, 0.6) is 0 Å². The summed E-state index contributed by atoms with van der Waals surface area (Å²) in [5, 5.41) is 16.6. The molecule has 0 saturated heterocycles. The number of aliphatic hydroxyl groups excluding tert-OH is 2. The Morgan fingerprint density at radius 3 is 2.38 bits per heavy atom. The zero-order valence-electron chi connectivity index (χ0n) is 4.37. The lowest BCUT2D eigenvalue weighted by molar-refractivity contribution is -0.126. The second kappa shape index (κ2) is 3.40. The molecule has 1 unspecified atom stereocenters. The fraction of sp³-hybridized carbons (Fsp3) is 0.750. The van der Waals surface area contributed by atoms with Crippen LogP contribution in [0, 0.1) is 0 Å². The first-order chi connectivity index (χ1) is 3.68. The molecule has 0 saturated carbocycles. The molecule has 0 aliphatic rings. The van der Waals surface area contributed by atoms with Gasteiger partial charge in [-0.1, -0.05) is 0 Å². The van der Waals surface area contributed by atoms with Crippen LogP contribution in [-0.2, 0) is 4.79 Å². The van der Waals surface area contributed by atoms with Crippen molar-refractivity contribution >= 4 is 5.91 Å². The molecule has 4 nitrogen and oxygen atoms in total. The Morgan fingerprint density at radius 1 is 1.75 bits per heavy atom. The molecule has 1 atom stereocenters. The van der Waals surface area contributed by atoms with E-state index in [9.17, 15) is 4.79 Å².